The number of amides is 3. The van der Waals surface area contributed by atoms with E-state index >= 15 is 0 Å². The van der Waals surface area contributed by atoms with Gasteiger partial charge in [0.15, 0.2) is 0 Å². The fraction of sp³-hybridized carbons (Fsp3) is 0.692. The monoisotopic (exact) mass is 535 g/mol. The Hall–Kier alpha value is -2.69. The van der Waals surface area contributed by atoms with Gasteiger partial charge in [0.05, 0.1) is 24.4 Å². The van der Waals surface area contributed by atoms with Crippen molar-refractivity contribution in [2.75, 3.05) is 7.11 Å². The Bertz CT molecular complexity index is 991. The lowest BCUT2D eigenvalue weighted by Gasteiger charge is -2.48. The van der Waals surface area contributed by atoms with Crippen LogP contribution in [0.2, 0.25) is 0 Å². The molecule has 0 spiro atoms. The molecule has 0 saturated heterocycles. The summed E-state index contributed by atoms with van der Waals surface area (Å²) in [5.41, 5.74) is 5.12. The summed E-state index contributed by atoms with van der Waals surface area (Å²) in [6, 6.07) is 0.0157. The number of carbonyl (C=O) groups excluding carboxylic acids is 3. The van der Waals surface area contributed by atoms with Crippen LogP contribution in [0, 0.1) is 17.8 Å². The van der Waals surface area contributed by atoms with Crippen molar-refractivity contribution in [1.29, 1.82) is 0 Å². The number of ether oxygens (including phenoxy) is 2. The van der Waals surface area contributed by atoms with Crippen LogP contribution < -0.4 is 16.4 Å². The molecular formula is C26H41N5O5S. The Morgan fingerprint density at radius 3 is 2.43 bits per heavy atom. The van der Waals surface area contributed by atoms with Crippen molar-refractivity contribution in [3.63, 3.8) is 0 Å². The van der Waals surface area contributed by atoms with E-state index in [1.54, 1.807) is 34.9 Å². The second-order valence-corrected chi connectivity index (χ2v) is 12.5. The third-order valence-electron chi connectivity index (χ3n) is 7.16. The van der Waals surface area contributed by atoms with Crippen LogP contribution in [-0.4, -0.2) is 57.9 Å². The van der Waals surface area contributed by atoms with Gasteiger partial charge in [0.2, 0.25) is 0 Å². The number of carbonyl (C=O) groups is 3. The van der Waals surface area contributed by atoms with Crippen molar-refractivity contribution < 1.29 is 23.9 Å². The van der Waals surface area contributed by atoms with Gasteiger partial charge in [0.1, 0.15) is 11.1 Å². The van der Waals surface area contributed by atoms with Crippen molar-refractivity contribution in [1.82, 2.24) is 20.4 Å². The molecule has 1 heterocycles. The summed E-state index contributed by atoms with van der Waals surface area (Å²) in [6.45, 7) is 10.0. The Balaban J connectivity index is 1.80. The van der Waals surface area contributed by atoms with E-state index in [1.807, 2.05) is 13.8 Å². The van der Waals surface area contributed by atoms with E-state index in [4.69, 9.17) is 15.2 Å². The van der Waals surface area contributed by atoms with Gasteiger partial charge in [0.25, 0.3) is 5.91 Å². The quantitative estimate of drug-likeness (QED) is 0.399. The van der Waals surface area contributed by atoms with Gasteiger partial charge < -0.3 is 25.8 Å². The maximum absolute atomic E-state index is 13.6. The highest BCUT2D eigenvalue weighted by Crippen LogP contribution is 2.45. The Kier molecular flexibility index (Phi) is 9.55. The van der Waals surface area contributed by atoms with Crippen LogP contribution in [0.4, 0.5) is 9.59 Å². The summed E-state index contributed by atoms with van der Waals surface area (Å²) < 4.78 is 11.7. The summed E-state index contributed by atoms with van der Waals surface area (Å²) in [5, 5.41) is 11.5. The summed E-state index contributed by atoms with van der Waals surface area (Å²) in [7, 11) is 1.32. The molecule has 2 unspecified atom stereocenters. The number of methoxy groups -OCH3 is 1. The molecule has 0 radical (unpaired) electrons. The number of nitrogens with two attached hydrogens (primary N) is 1. The number of fused-ring (bicyclic) bond motifs is 2. The number of nitrogens with one attached hydrogen (secondary N) is 2. The van der Waals surface area contributed by atoms with E-state index in [1.165, 1.54) is 7.11 Å². The van der Waals surface area contributed by atoms with Crippen molar-refractivity contribution in [3.8, 4) is 0 Å². The minimum atomic E-state index is -0.738. The molecule has 11 heteroatoms. The normalized spacial score (nSPS) is 25.6. The maximum Gasteiger partial charge on any atom is 0.407 e. The first kappa shape index (κ1) is 28.9. The van der Waals surface area contributed by atoms with Gasteiger partial charge in [-0.3, -0.25) is 4.79 Å². The van der Waals surface area contributed by atoms with Crippen LogP contribution in [0.25, 0.3) is 6.20 Å². The maximum atomic E-state index is 13.6. The molecule has 0 aliphatic heterocycles. The van der Waals surface area contributed by atoms with Crippen molar-refractivity contribution in [3.05, 3.63) is 17.8 Å². The van der Waals surface area contributed by atoms with E-state index in [9.17, 15) is 14.4 Å². The number of nitrogens with zero attached hydrogens (tertiary/aromatic N) is 2. The Labute approximate surface area is 223 Å². The van der Waals surface area contributed by atoms with Crippen LogP contribution in [0.1, 0.15) is 77.1 Å². The second-order valence-electron chi connectivity index (χ2n) is 10.9. The lowest BCUT2D eigenvalue weighted by Crippen LogP contribution is -2.54. The molecular weight excluding hydrogens is 494 g/mol. The van der Waals surface area contributed by atoms with E-state index < -0.39 is 17.7 Å². The average molecular weight is 536 g/mol. The van der Waals surface area contributed by atoms with Gasteiger partial charge in [0, 0.05) is 17.5 Å². The second kappa shape index (κ2) is 12.2. The van der Waals surface area contributed by atoms with Crippen molar-refractivity contribution in [2.24, 2.45) is 23.5 Å². The molecule has 1 aromatic heterocycles. The number of hydrogen-bond donors (Lipinski definition) is 3. The first-order chi connectivity index (χ1) is 17.4. The molecule has 2 aliphatic rings. The summed E-state index contributed by atoms with van der Waals surface area (Å²) in [4.78, 5) is 36.6. The Morgan fingerprint density at radius 2 is 1.89 bits per heavy atom. The highest BCUT2D eigenvalue weighted by atomic mass is 32.2. The van der Waals surface area contributed by atoms with Crippen molar-refractivity contribution in [2.45, 2.75) is 94.7 Å². The predicted octanol–water partition coefficient (Wildman–Crippen LogP) is 4.40. The number of aromatic nitrogens is 2. The minimum absolute atomic E-state index is 0.0157. The topological polar surface area (TPSA) is 138 Å². The highest BCUT2D eigenvalue weighted by Gasteiger charge is 2.45. The van der Waals surface area contributed by atoms with E-state index in [2.05, 4.69) is 36.5 Å². The van der Waals surface area contributed by atoms with Gasteiger partial charge in [-0.2, -0.15) is 5.10 Å². The van der Waals surface area contributed by atoms with Gasteiger partial charge in [-0.05, 0) is 63.4 Å². The molecule has 2 fully saturated rings. The SMILES string of the molecule is CCC1CC2CC(OC(N)=O)CC(C1)C2NC(=O)c1cnn(/C=C/C(C)(C)NC(=O)OC)c1SC(C)C. The number of rotatable bonds is 9. The number of primary amides is 1. The smallest absolute Gasteiger partial charge is 0.407 e. The lowest BCUT2D eigenvalue weighted by molar-refractivity contribution is -0.00891. The standard InChI is InChI=1S/C26H41N5O5S/c1-7-16-10-17-12-19(36-24(27)33)13-18(11-16)21(17)29-22(32)20-14-28-31(23(20)37-15(2)3)9-8-26(4,5)30-25(34)35-6/h8-9,14-19,21H,7,10-13H2,1-6H3,(H2,27,33)(H,29,32)(H,30,34)/b9-8+. The lowest BCUT2D eigenvalue weighted by atomic mass is 9.63. The summed E-state index contributed by atoms with van der Waals surface area (Å²) in [5.74, 6) is 0.915. The molecule has 2 atom stereocenters. The number of hydrogen-bond acceptors (Lipinski definition) is 7. The molecule has 4 N–H and O–H groups in total. The van der Waals surface area contributed by atoms with Crippen LogP contribution in [-0.2, 0) is 9.47 Å². The largest absolute Gasteiger partial charge is 0.453 e. The van der Waals surface area contributed by atoms with Crippen LogP contribution in [0.15, 0.2) is 17.3 Å². The molecule has 206 valence electrons. The van der Waals surface area contributed by atoms with Gasteiger partial charge in [-0.15, -0.1) is 11.8 Å². The zero-order valence-electron chi connectivity index (χ0n) is 22.7. The van der Waals surface area contributed by atoms with E-state index in [0.717, 1.165) is 24.3 Å². The predicted molar refractivity (Wildman–Crippen MR) is 143 cm³/mol. The molecule has 1 aromatic rings. The zero-order valence-corrected chi connectivity index (χ0v) is 23.5. The van der Waals surface area contributed by atoms with Crippen LogP contribution in [0.5, 0.6) is 0 Å². The van der Waals surface area contributed by atoms with Crippen LogP contribution >= 0.6 is 11.8 Å². The molecule has 10 nitrogen and oxygen atoms in total. The molecule has 2 bridgehead atoms. The van der Waals surface area contributed by atoms with Gasteiger partial charge >= 0.3 is 12.2 Å². The number of alkyl carbamates (subject to hydrolysis) is 1. The van der Waals surface area contributed by atoms with Gasteiger partial charge in [-0.25, -0.2) is 14.3 Å². The Morgan fingerprint density at radius 1 is 1.24 bits per heavy atom. The van der Waals surface area contributed by atoms with Gasteiger partial charge in [-0.1, -0.05) is 27.2 Å². The van der Waals surface area contributed by atoms with Crippen molar-refractivity contribution >= 4 is 36.1 Å². The molecule has 3 rings (SSSR count). The molecule has 2 saturated carbocycles. The highest BCUT2D eigenvalue weighted by molar-refractivity contribution is 7.99. The molecule has 2 aliphatic carbocycles. The fourth-order valence-corrected chi connectivity index (χ4v) is 6.45. The summed E-state index contributed by atoms with van der Waals surface area (Å²) in [6.07, 6.45) is 8.20. The number of thioether (sulfide) groups is 1. The third kappa shape index (κ3) is 7.66. The molecule has 3 amide bonds. The van der Waals surface area contributed by atoms with E-state index in [0.29, 0.717) is 24.3 Å². The first-order valence-corrected chi connectivity index (χ1v) is 13.9. The fourth-order valence-electron chi connectivity index (χ4n) is 5.51. The molecule has 0 aromatic carbocycles. The molecule has 37 heavy (non-hydrogen) atoms. The van der Waals surface area contributed by atoms with E-state index in [-0.39, 0.29) is 35.1 Å². The first-order valence-electron chi connectivity index (χ1n) is 13.0. The zero-order chi connectivity index (χ0) is 27.3. The third-order valence-corrected chi connectivity index (χ3v) is 8.26. The van der Waals surface area contributed by atoms with Crippen LogP contribution in [0.3, 0.4) is 0 Å². The minimum Gasteiger partial charge on any atom is -0.453 e. The average Bonchev–Trinajstić information content (AvgIpc) is 3.19. The summed E-state index contributed by atoms with van der Waals surface area (Å²) >= 11 is 1.56.